The van der Waals surface area contributed by atoms with Crippen LogP contribution in [0.25, 0.3) is 0 Å². The summed E-state index contributed by atoms with van der Waals surface area (Å²) in [6.45, 7) is 8.25. The van der Waals surface area contributed by atoms with Crippen LogP contribution < -0.4 is 11.1 Å². The Morgan fingerprint density at radius 1 is 1.35 bits per heavy atom. The molecule has 6 heteroatoms. The molecule has 1 saturated heterocycles. The Morgan fingerprint density at radius 2 is 2.00 bits per heavy atom. The van der Waals surface area contributed by atoms with Gasteiger partial charge in [0.1, 0.15) is 0 Å². The Balaban J connectivity index is 0.00000361. The number of hydrogen-bond acceptors (Lipinski definition) is 3. The van der Waals surface area contributed by atoms with Crippen LogP contribution in [0.5, 0.6) is 0 Å². The molecule has 0 aromatic heterocycles. The number of carbonyl (C=O) groups is 2. The maximum atomic E-state index is 12.1. The molecule has 118 valence electrons. The zero-order valence-electron chi connectivity index (χ0n) is 12.8. The van der Waals surface area contributed by atoms with E-state index < -0.39 is 0 Å². The number of carbonyl (C=O) groups excluding carboxylic acids is 2. The van der Waals surface area contributed by atoms with Gasteiger partial charge in [0.15, 0.2) is 0 Å². The molecular formula is C14H28ClN3O2. The second-order valence-electron chi connectivity index (χ2n) is 6.05. The summed E-state index contributed by atoms with van der Waals surface area (Å²) in [5.41, 5.74) is 6.01. The van der Waals surface area contributed by atoms with Gasteiger partial charge in [-0.05, 0) is 18.3 Å². The van der Waals surface area contributed by atoms with Crippen LogP contribution in [0.1, 0.15) is 46.5 Å². The first-order valence-electron chi connectivity index (χ1n) is 7.17. The number of halogens is 1. The second kappa shape index (κ2) is 8.47. The number of likely N-dealkylation sites (tertiary alicyclic amines) is 1. The molecule has 0 aromatic rings. The number of nitrogens with two attached hydrogens (primary N) is 1. The number of rotatable bonds is 5. The maximum absolute atomic E-state index is 12.1. The molecule has 3 N–H and O–H groups in total. The van der Waals surface area contributed by atoms with Crippen LogP contribution in [-0.4, -0.2) is 42.4 Å². The quantitative estimate of drug-likeness (QED) is 0.804. The molecule has 0 radical (unpaired) electrons. The van der Waals surface area contributed by atoms with Gasteiger partial charge in [0.25, 0.3) is 0 Å². The number of nitrogens with zero attached hydrogens (tertiary/aromatic N) is 1. The van der Waals surface area contributed by atoms with E-state index >= 15 is 0 Å². The molecule has 20 heavy (non-hydrogen) atoms. The van der Waals surface area contributed by atoms with Crippen molar-refractivity contribution in [3.8, 4) is 0 Å². The van der Waals surface area contributed by atoms with Crippen molar-refractivity contribution in [2.75, 3.05) is 19.6 Å². The highest BCUT2D eigenvalue weighted by molar-refractivity contribution is 5.85. The fourth-order valence-electron chi connectivity index (χ4n) is 2.32. The van der Waals surface area contributed by atoms with Gasteiger partial charge >= 0.3 is 0 Å². The Bertz CT molecular complexity index is 334. The van der Waals surface area contributed by atoms with Crippen LogP contribution in [0.15, 0.2) is 0 Å². The molecule has 0 bridgehead atoms. The molecule has 0 aromatic carbocycles. The number of nitrogens with one attached hydrogen (secondary N) is 1. The van der Waals surface area contributed by atoms with Crippen molar-refractivity contribution in [1.29, 1.82) is 0 Å². The molecule has 1 rings (SSSR count). The lowest BCUT2D eigenvalue weighted by atomic mass is 9.79. The zero-order valence-corrected chi connectivity index (χ0v) is 13.6. The van der Waals surface area contributed by atoms with Gasteiger partial charge < -0.3 is 16.0 Å². The van der Waals surface area contributed by atoms with E-state index in [1.165, 1.54) is 0 Å². The van der Waals surface area contributed by atoms with Crippen molar-refractivity contribution in [3.05, 3.63) is 0 Å². The van der Waals surface area contributed by atoms with Crippen LogP contribution in [0, 0.1) is 5.41 Å². The Hall–Kier alpha value is -0.810. The van der Waals surface area contributed by atoms with E-state index in [0.29, 0.717) is 26.1 Å². The van der Waals surface area contributed by atoms with Crippen molar-refractivity contribution in [2.45, 2.75) is 52.5 Å². The van der Waals surface area contributed by atoms with E-state index in [9.17, 15) is 9.59 Å². The molecule has 0 saturated carbocycles. The van der Waals surface area contributed by atoms with Crippen LogP contribution in [0.4, 0.5) is 0 Å². The van der Waals surface area contributed by atoms with E-state index in [1.54, 1.807) is 0 Å². The molecule has 1 heterocycles. The van der Waals surface area contributed by atoms with E-state index in [1.807, 2.05) is 11.8 Å². The van der Waals surface area contributed by atoms with Gasteiger partial charge in [-0.3, -0.25) is 9.59 Å². The summed E-state index contributed by atoms with van der Waals surface area (Å²) in [4.78, 5) is 25.4. The lowest BCUT2D eigenvalue weighted by molar-refractivity contribution is -0.136. The van der Waals surface area contributed by atoms with Crippen LogP contribution in [0.3, 0.4) is 0 Å². The topological polar surface area (TPSA) is 75.4 Å². The van der Waals surface area contributed by atoms with Gasteiger partial charge in [-0.1, -0.05) is 20.8 Å². The molecule has 0 aliphatic carbocycles. The molecule has 1 atom stereocenters. The zero-order chi connectivity index (χ0) is 14.5. The van der Waals surface area contributed by atoms with E-state index in [2.05, 4.69) is 19.2 Å². The third kappa shape index (κ3) is 5.67. The van der Waals surface area contributed by atoms with Crippen molar-refractivity contribution in [3.63, 3.8) is 0 Å². The summed E-state index contributed by atoms with van der Waals surface area (Å²) in [5, 5.41) is 2.78. The summed E-state index contributed by atoms with van der Waals surface area (Å²) >= 11 is 0. The summed E-state index contributed by atoms with van der Waals surface area (Å²) in [5.74, 6) is 0.0230. The molecule has 1 unspecified atom stereocenters. The summed E-state index contributed by atoms with van der Waals surface area (Å²) < 4.78 is 0. The van der Waals surface area contributed by atoms with E-state index in [-0.39, 0.29) is 42.1 Å². The molecule has 1 fully saturated rings. The largest absolute Gasteiger partial charge is 0.356 e. The Kier molecular flexibility index (Phi) is 8.13. The SMILES string of the molecule is CCCNC(=O)CCC(=O)N1CCC(N)C(C)(C)C1.Cl. The molecule has 5 nitrogen and oxygen atoms in total. The van der Waals surface area contributed by atoms with E-state index in [0.717, 1.165) is 12.8 Å². The number of amides is 2. The van der Waals surface area contributed by atoms with E-state index in [4.69, 9.17) is 5.73 Å². The monoisotopic (exact) mass is 305 g/mol. The van der Waals surface area contributed by atoms with Gasteiger partial charge in [-0.25, -0.2) is 0 Å². The van der Waals surface area contributed by atoms with Gasteiger partial charge in [0.05, 0.1) is 0 Å². The Labute approximate surface area is 128 Å². The highest BCUT2D eigenvalue weighted by atomic mass is 35.5. The highest BCUT2D eigenvalue weighted by Crippen LogP contribution is 2.28. The van der Waals surface area contributed by atoms with Crippen LogP contribution in [-0.2, 0) is 9.59 Å². The summed E-state index contributed by atoms with van der Waals surface area (Å²) in [6.07, 6.45) is 2.32. The summed E-state index contributed by atoms with van der Waals surface area (Å²) in [6, 6.07) is 0.143. The average molecular weight is 306 g/mol. The second-order valence-corrected chi connectivity index (χ2v) is 6.05. The predicted molar refractivity (Wildman–Crippen MR) is 82.7 cm³/mol. The minimum absolute atomic E-state index is 0. The third-order valence-corrected chi connectivity index (χ3v) is 3.80. The van der Waals surface area contributed by atoms with Gasteiger partial charge in [0, 0.05) is 38.5 Å². The number of piperidine rings is 1. The third-order valence-electron chi connectivity index (χ3n) is 3.80. The first-order chi connectivity index (χ1) is 8.86. The molecule has 0 spiro atoms. The first-order valence-corrected chi connectivity index (χ1v) is 7.17. The minimum Gasteiger partial charge on any atom is -0.356 e. The normalized spacial score (nSPS) is 21.0. The molecular weight excluding hydrogens is 278 g/mol. The van der Waals surface area contributed by atoms with Crippen LogP contribution in [0.2, 0.25) is 0 Å². The van der Waals surface area contributed by atoms with Gasteiger partial charge in [-0.15, -0.1) is 12.4 Å². The molecule has 2 amide bonds. The molecule has 1 aliphatic rings. The van der Waals surface area contributed by atoms with Gasteiger partial charge in [-0.2, -0.15) is 0 Å². The molecule has 1 aliphatic heterocycles. The smallest absolute Gasteiger partial charge is 0.223 e. The lowest BCUT2D eigenvalue weighted by Crippen LogP contribution is -2.54. The summed E-state index contributed by atoms with van der Waals surface area (Å²) in [7, 11) is 0. The standard InChI is InChI=1S/C14H27N3O2.ClH/c1-4-8-16-12(18)5-6-13(19)17-9-7-11(15)14(2,3)10-17;/h11H,4-10,15H2,1-3H3,(H,16,18);1H. The first kappa shape index (κ1) is 19.2. The lowest BCUT2D eigenvalue weighted by Gasteiger charge is -2.42. The maximum Gasteiger partial charge on any atom is 0.223 e. The predicted octanol–water partition coefficient (Wildman–Crippen LogP) is 1.30. The Morgan fingerprint density at radius 3 is 2.55 bits per heavy atom. The number of hydrogen-bond donors (Lipinski definition) is 2. The minimum atomic E-state index is -0.0433. The van der Waals surface area contributed by atoms with Crippen molar-refractivity contribution in [2.24, 2.45) is 11.1 Å². The van der Waals surface area contributed by atoms with Crippen LogP contribution >= 0.6 is 12.4 Å². The fourth-order valence-corrected chi connectivity index (χ4v) is 2.32. The van der Waals surface area contributed by atoms with Gasteiger partial charge in [0.2, 0.25) is 11.8 Å². The fraction of sp³-hybridized carbons (Fsp3) is 0.857. The van der Waals surface area contributed by atoms with Crippen molar-refractivity contribution >= 4 is 24.2 Å². The highest BCUT2D eigenvalue weighted by Gasteiger charge is 2.35. The van der Waals surface area contributed by atoms with Crippen molar-refractivity contribution in [1.82, 2.24) is 10.2 Å². The van der Waals surface area contributed by atoms with Crippen molar-refractivity contribution < 1.29 is 9.59 Å². The average Bonchev–Trinajstić information content (AvgIpc) is 2.36.